The van der Waals surface area contributed by atoms with Crippen LogP contribution < -0.4 is 14.8 Å². The van der Waals surface area contributed by atoms with E-state index in [-0.39, 0.29) is 5.91 Å². The monoisotopic (exact) mass is 335 g/mol. The Balaban J connectivity index is 1.48. The zero-order valence-electron chi connectivity index (χ0n) is 14.2. The number of benzene rings is 3. The van der Waals surface area contributed by atoms with Crippen LogP contribution in [-0.2, 0) is 4.79 Å². The molecule has 4 nitrogen and oxygen atoms in total. The summed E-state index contributed by atoms with van der Waals surface area (Å²) in [6, 6.07) is 21.3. The van der Waals surface area contributed by atoms with Crippen LogP contribution in [-0.4, -0.2) is 19.1 Å². The average molecular weight is 335 g/mol. The molecule has 0 atom stereocenters. The van der Waals surface area contributed by atoms with E-state index in [0.29, 0.717) is 19.6 Å². The summed E-state index contributed by atoms with van der Waals surface area (Å²) in [5.74, 6) is 1.46. The number of nitrogens with one attached hydrogen (secondary N) is 1. The van der Waals surface area contributed by atoms with Crippen LogP contribution in [0.3, 0.4) is 0 Å². The van der Waals surface area contributed by atoms with Crippen molar-refractivity contribution in [2.24, 2.45) is 0 Å². The summed E-state index contributed by atoms with van der Waals surface area (Å²) in [6.45, 7) is 2.90. The van der Waals surface area contributed by atoms with Gasteiger partial charge >= 0.3 is 0 Å². The SMILES string of the molecule is CCOc1ccc(OCCC(=O)Nc2ccc3ccccc3c2)cc1. The van der Waals surface area contributed by atoms with E-state index in [0.717, 1.165) is 28.0 Å². The molecule has 3 aromatic rings. The maximum absolute atomic E-state index is 12.1. The molecule has 128 valence electrons. The van der Waals surface area contributed by atoms with Crippen molar-refractivity contribution in [3.05, 3.63) is 66.7 Å². The van der Waals surface area contributed by atoms with Gasteiger partial charge in [0.05, 0.1) is 19.6 Å². The third kappa shape index (κ3) is 4.73. The van der Waals surface area contributed by atoms with Crippen LogP contribution in [0.1, 0.15) is 13.3 Å². The molecule has 3 rings (SSSR count). The second-order valence-corrected chi connectivity index (χ2v) is 5.61. The van der Waals surface area contributed by atoms with Gasteiger partial charge in [-0.15, -0.1) is 0 Å². The zero-order chi connectivity index (χ0) is 17.5. The van der Waals surface area contributed by atoms with E-state index in [1.807, 2.05) is 73.7 Å². The number of rotatable bonds is 7. The molecule has 0 radical (unpaired) electrons. The van der Waals surface area contributed by atoms with Crippen molar-refractivity contribution in [2.45, 2.75) is 13.3 Å². The van der Waals surface area contributed by atoms with Crippen LogP contribution >= 0.6 is 0 Å². The molecule has 0 heterocycles. The number of carbonyl (C=O) groups excluding carboxylic acids is 1. The summed E-state index contributed by atoms with van der Waals surface area (Å²) in [6.07, 6.45) is 0.292. The van der Waals surface area contributed by atoms with Crippen LogP contribution in [0.5, 0.6) is 11.5 Å². The first-order chi connectivity index (χ1) is 12.2. The molecular formula is C21H21NO3. The molecule has 1 amide bonds. The highest BCUT2D eigenvalue weighted by Gasteiger charge is 2.04. The smallest absolute Gasteiger partial charge is 0.227 e. The Labute approximate surface area is 147 Å². The average Bonchev–Trinajstić information content (AvgIpc) is 2.63. The van der Waals surface area contributed by atoms with Gasteiger partial charge < -0.3 is 14.8 Å². The highest BCUT2D eigenvalue weighted by atomic mass is 16.5. The van der Waals surface area contributed by atoms with Gasteiger partial charge in [0, 0.05) is 5.69 Å². The summed E-state index contributed by atoms with van der Waals surface area (Å²) in [5, 5.41) is 5.16. The van der Waals surface area contributed by atoms with E-state index in [4.69, 9.17) is 9.47 Å². The number of hydrogen-bond acceptors (Lipinski definition) is 3. The lowest BCUT2D eigenvalue weighted by Gasteiger charge is -2.09. The fraction of sp³-hybridized carbons (Fsp3) is 0.190. The van der Waals surface area contributed by atoms with Gasteiger partial charge in [-0.3, -0.25) is 4.79 Å². The first-order valence-electron chi connectivity index (χ1n) is 8.39. The second-order valence-electron chi connectivity index (χ2n) is 5.61. The number of ether oxygens (including phenoxy) is 2. The van der Waals surface area contributed by atoms with Gasteiger partial charge in [0.1, 0.15) is 11.5 Å². The predicted molar refractivity (Wildman–Crippen MR) is 100 cm³/mol. The third-order valence-corrected chi connectivity index (χ3v) is 3.77. The number of hydrogen-bond donors (Lipinski definition) is 1. The van der Waals surface area contributed by atoms with Crippen LogP contribution in [0.4, 0.5) is 5.69 Å². The molecule has 0 fully saturated rings. The molecule has 0 saturated heterocycles. The maximum Gasteiger partial charge on any atom is 0.227 e. The van der Waals surface area contributed by atoms with Crippen molar-refractivity contribution in [2.75, 3.05) is 18.5 Å². The Hall–Kier alpha value is -3.01. The largest absolute Gasteiger partial charge is 0.494 e. The molecule has 0 spiro atoms. The molecule has 0 aliphatic rings. The van der Waals surface area contributed by atoms with Crippen LogP contribution in [0.2, 0.25) is 0 Å². The Morgan fingerprint density at radius 3 is 2.28 bits per heavy atom. The molecule has 0 unspecified atom stereocenters. The van der Waals surface area contributed by atoms with Crippen molar-refractivity contribution in [3.8, 4) is 11.5 Å². The number of fused-ring (bicyclic) bond motifs is 1. The van der Waals surface area contributed by atoms with Gasteiger partial charge in [-0.2, -0.15) is 0 Å². The van der Waals surface area contributed by atoms with E-state index in [9.17, 15) is 4.79 Å². The Kier molecular flexibility index (Phi) is 5.52. The van der Waals surface area contributed by atoms with E-state index in [2.05, 4.69) is 5.32 Å². The van der Waals surface area contributed by atoms with Gasteiger partial charge in [0.15, 0.2) is 0 Å². The summed E-state index contributed by atoms with van der Waals surface area (Å²) in [4.78, 5) is 12.1. The van der Waals surface area contributed by atoms with Crippen molar-refractivity contribution in [1.82, 2.24) is 0 Å². The highest BCUT2D eigenvalue weighted by molar-refractivity contribution is 5.94. The van der Waals surface area contributed by atoms with Crippen molar-refractivity contribution in [3.63, 3.8) is 0 Å². The number of amides is 1. The Bertz CT molecular complexity index is 843. The van der Waals surface area contributed by atoms with Gasteiger partial charge in [-0.05, 0) is 54.1 Å². The molecule has 3 aromatic carbocycles. The maximum atomic E-state index is 12.1. The minimum Gasteiger partial charge on any atom is -0.494 e. The summed E-state index contributed by atoms with van der Waals surface area (Å²) >= 11 is 0. The molecule has 0 bridgehead atoms. The van der Waals surface area contributed by atoms with Crippen molar-refractivity contribution < 1.29 is 14.3 Å². The normalized spacial score (nSPS) is 10.4. The fourth-order valence-electron chi connectivity index (χ4n) is 2.55. The summed E-state index contributed by atoms with van der Waals surface area (Å²) in [5.41, 5.74) is 0.796. The molecule has 0 aliphatic heterocycles. The lowest BCUT2D eigenvalue weighted by Crippen LogP contribution is -2.15. The molecule has 25 heavy (non-hydrogen) atoms. The fourth-order valence-corrected chi connectivity index (χ4v) is 2.55. The quantitative estimate of drug-likeness (QED) is 0.684. The van der Waals surface area contributed by atoms with Crippen molar-refractivity contribution >= 4 is 22.4 Å². The Morgan fingerprint density at radius 2 is 1.56 bits per heavy atom. The van der Waals surface area contributed by atoms with Gasteiger partial charge in [-0.25, -0.2) is 0 Å². The number of anilines is 1. The molecule has 0 aromatic heterocycles. The van der Waals surface area contributed by atoms with Crippen LogP contribution in [0.15, 0.2) is 66.7 Å². The highest BCUT2D eigenvalue weighted by Crippen LogP contribution is 2.19. The Morgan fingerprint density at radius 1 is 0.880 bits per heavy atom. The van der Waals surface area contributed by atoms with Crippen molar-refractivity contribution in [1.29, 1.82) is 0 Å². The first kappa shape index (κ1) is 16.8. The molecule has 0 saturated carbocycles. The molecule has 0 aliphatic carbocycles. The zero-order valence-corrected chi connectivity index (χ0v) is 14.2. The summed E-state index contributed by atoms with van der Waals surface area (Å²) < 4.78 is 11.0. The van der Waals surface area contributed by atoms with E-state index in [1.54, 1.807) is 0 Å². The first-order valence-corrected chi connectivity index (χ1v) is 8.39. The van der Waals surface area contributed by atoms with Gasteiger partial charge in [0.25, 0.3) is 0 Å². The predicted octanol–water partition coefficient (Wildman–Crippen LogP) is 4.65. The van der Waals surface area contributed by atoms with E-state index < -0.39 is 0 Å². The minimum absolute atomic E-state index is 0.0683. The van der Waals surface area contributed by atoms with E-state index in [1.165, 1.54) is 0 Å². The molecule has 1 N–H and O–H groups in total. The lowest BCUT2D eigenvalue weighted by atomic mass is 10.1. The summed E-state index contributed by atoms with van der Waals surface area (Å²) in [7, 11) is 0. The molecule has 4 heteroatoms. The van der Waals surface area contributed by atoms with Crippen LogP contribution in [0.25, 0.3) is 10.8 Å². The minimum atomic E-state index is -0.0683. The van der Waals surface area contributed by atoms with Crippen LogP contribution in [0, 0.1) is 0 Å². The van der Waals surface area contributed by atoms with E-state index >= 15 is 0 Å². The van der Waals surface area contributed by atoms with Gasteiger partial charge in [-0.1, -0.05) is 30.3 Å². The molecular weight excluding hydrogens is 314 g/mol. The third-order valence-electron chi connectivity index (χ3n) is 3.77. The standard InChI is InChI=1S/C21H21NO3/c1-2-24-19-9-11-20(12-10-19)25-14-13-21(23)22-18-8-7-16-5-3-4-6-17(16)15-18/h3-12,15H,2,13-14H2,1H3,(H,22,23). The van der Waals surface area contributed by atoms with Gasteiger partial charge in [0.2, 0.25) is 5.91 Å². The number of carbonyl (C=O) groups is 1. The topological polar surface area (TPSA) is 47.6 Å². The second kappa shape index (κ2) is 8.20. The lowest BCUT2D eigenvalue weighted by molar-refractivity contribution is -0.116.